The molecule has 1 N–H and O–H groups in total. The molecule has 2 nitrogen and oxygen atoms in total. The van der Waals surface area contributed by atoms with Gasteiger partial charge in [-0.1, -0.05) is 24.3 Å². The lowest BCUT2D eigenvalue weighted by molar-refractivity contribution is 0.407. The first-order valence-electron chi connectivity index (χ1n) is 5.28. The summed E-state index contributed by atoms with van der Waals surface area (Å²) in [6.45, 7) is 1.08. The number of nitrogens with zero attached hydrogens (tertiary/aromatic N) is 1. The Labute approximate surface area is 84.1 Å². The van der Waals surface area contributed by atoms with Crippen molar-refractivity contribution in [2.75, 3.05) is 6.54 Å². The predicted molar refractivity (Wildman–Crippen MR) is 57.8 cm³/mol. The van der Waals surface area contributed by atoms with Crippen LogP contribution in [0.2, 0.25) is 0 Å². The van der Waals surface area contributed by atoms with Crippen molar-refractivity contribution in [1.82, 2.24) is 5.32 Å². The first-order valence-corrected chi connectivity index (χ1v) is 5.28. The van der Waals surface area contributed by atoms with Crippen molar-refractivity contribution >= 4 is 6.21 Å². The molecule has 1 aromatic rings. The van der Waals surface area contributed by atoms with Crippen LogP contribution in [-0.2, 0) is 6.42 Å². The third-order valence-electron chi connectivity index (χ3n) is 3.17. The molecule has 2 atom stereocenters. The lowest BCUT2D eigenvalue weighted by Crippen LogP contribution is -2.41. The molecule has 0 saturated heterocycles. The van der Waals surface area contributed by atoms with Crippen molar-refractivity contribution in [2.24, 2.45) is 4.99 Å². The van der Waals surface area contributed by atoms with Gasteiger partial charge in [0.05, 0.1) is 0 Å². The zero-order valence-electron chi connectivity index (χ0n) is 8.11. The van der Waals surface area contributed by atoms with Crippen LogP contribution in [-0.4, -0.2) is 18.9 Å². The van der Waals surface area contributed by atoms with E-state index in [9.17, 15) is 0 Å². The van der Waals surface area contributed by atoms with Crippen LogP contribution in [0.1, 0.15) is 23.5 Å². The first kappa shape index (κ1) is 8.18. The highest BCUT2D eigenvalue weighted by Crippen LogP contribution is 2.37. The Balaban J connectivity index is 1.84. The first-order chi connectivity index (χ1) is 6.95. The zero-order valence-corrected chi connectivity index (χ0v) is 8.11. The van der Waals surface area contributed by atoms with E-state index in [-0.39, 0.29) is 0 Å². The van der Waals surface area contributed by atoms with Gasteiger partial charge in [0.25, 0.3) is 0 Å². The van der Waals surface area contributed by atoms with Gasteiger partial charge in [0.15, 0.2) is 0 Å². The summed E-state index contributed by atoms with van der Waals surface area (Å²) in [6, 6.07) is 8.69. The smallest absolute Gasteiger partial charge is 0.106 e. The van der Waals surface area contributed by atoms with Crippen molar-refractivity contribution in [1.29, 1.82) is 0 Å². The van der Waals surface area contributed by atoms with E-state index in [1.54, 1.807) is 0 Å². The molecule has 2 heteroatoms. The van der Waals surface area contributed by atoms with Crippen LogP contribution in [0.3, 0.4) is 0 Å². The largest absolute Gasteiger partial charge is 0.295 e. The quantitative estimate of drug-likeness (QED) is 0.709. The topological polar surface area (TPSA) is 24.4 Å². The van der Waals surface area contributed by atoms with Crippen LogP contribution in [0.25, 0.3) is 0 Å². The van der Waals surface area contributed by atoms with Gasteiger partial charge in [0.1, 0.15) is 6.17 Å². The minimum absolute atomic E-state index is 0.332. The third-order valence-corrected chi connectivity index (χ3v) is 3.17. The van der Waals surface area contributed by atoms with Gasteiger partial charge in [-0.15, -0.1) is 0 Å². The molecule has 72 valence electrons. The summed E-state index contributed by atoms with van der Waals surface area (Å²) in [7, 11) is 0. The van der Waals surface area contributed by atoms with Crippen molar-refractivity contribution in [3.05, 3.63) is 35.4 Å². The van der Waals surface area contributed by atoms with Crippen LogP contribution >= 0.6 is 0 Å². The SMILES string of the molecule is C1=NC(C2Cc3ccccc32)NCC1. The molecular formula is C12H14N2. The van der Waals surface area contributed by atoms with Crippen molar-refractivity contribution < 1.29 is 0 Å². The molecule has 1 aliphatic heterocycles. The highest BCUT2D eigenvalue weighted by Gasteiger charge is 2.32. The second kappa shape index (κ2) is 3.21. The summed E-state index contributed by atoms with van der Waals surface area (Å²) in [5, 5.41) is 3.46. The van der Waals surface area contributed by atoms with Gasteiger partial charge in [0.2, 0.25) is 0 Å². The molecule has 0 bridgehead atoms. The summed E-state index contributed by atoms with van der Waals surface area (Å²) in [5.74, 6) is 0.614. The second-order valence-corrected chi connectivity index (χ2v) is 4.03. The lowest BCUT2D eigenvalue weighted by atomic mass is 9.75. The summed E-state index contributed by atoms with van der Waals surface area (Å²) in [6.07, 6.45) is 4.65. The van der Waals surface area contributed by atoms with Gasteiger partial charge in [0, 0.05) is 18.7 Å². The molecule has 0 aromatic heterocycles. The average molecular weight is 186 g/mol. The fourth-order valence-electron chi connectivity index (χ4n) is 2.36. The number of hydrogen-bond donors (Lipinski definition) is 1. The van der Waals surface area contributed by atoms with E-state index in [1.165, 1.54) is 17.5 Å². The van der Waals surface area contributed by atoms with Crippen LogP contribution in [0.15, 0.2) is 29.3 Å². The highest BCUT2D eigenvalue weighted by molar-refractivity contribution is 5.59. The monoisotopic (exact) mass is 186 g/mol. The van der Waals surface area contributed by atoms with E-state index in [4.69, 9.17) is 0 Å². The van der Waals surface area contributed by atoms with E-state index in [2.05, 4.69) is 40.8 Å². The third kappa shape index (κ3) is 1.18. The number of nitrogens with one attached hydrogen (secondary N) is 1. The van der Waals surface area contributed by atoms with Crippen molar-refractivity contribution in [3.63, 3.8) is 0 Å². The molecule has 1 aromatic carbocycles. The average Bonchev–Trinajstić information content (AvgIpc) is 2.22. The van der Waals surface area contributed by atoms with E-state index in [1.807, 2.05) is 0 Å². The van der Waals surface area contributed by atoms with Gasteiger partial charge >= 0.3 is 0 Å². The maximum Gasteiger partial charge on any atom is 0.106 e. The fraction of sp³-hybridized carbons (Fsp3) is 0.417. The number of rotatable bonds is 1. The standard InChI is InChI=1S/C12H14N2/c1-2-5-10-9(4-1)8-11(10)12-13-6-3-7-14-12/h1-2,4-6,11-12,14H,3,7-8H2. The van der Waals surface area contributed by atoms with Crippen LogP contribution in [0.4, 0.5) is 0 Å². The molecule has 1 heterocycles. The molecule has 0 amide bonds. The second-order valence-electron chi connectivity index (χ2n) is 4.03. The number of benzene rings is 1. The molecule has 3 rings (SSSR count). The van der Waals surface area contributed by atoms with Gasteiger partial charge in [-0.3, -0.25) is 10.3 Å². The Morgan fingerprint density at radius 2 is 2.21 bits per heavy atom. The van der Waals surface area contributed by atoms with Crippen LogP contribution < -0.4 is 5.32 Å². The summed E-state index contributed by atoms with van der Waals surface area (Å²) >= 11 is 0. The van der Waals surface area contributed by atoms with Crippen LogP contribution in [0, 0.1) is 0 Å². The molecule has 0 radical (unpaired) electrons. The van der Waals surface area contributed by atoms with Gasteiger partial charge in [-0.05, 0) is 24.0 Å². The molecule has 14 heavy (non-hydrogen) atoms. The molecule has 1 aliphatic carbocycles. The zero-order chi connectivity index (χ0) is 9.38. The molecular weight excluding hydrogens is 172 g/mol. The summed E-state index contributed by atoms with van der Waals surface area (Å²) < 4.78 is 0. The summed E-state index contributed by atoms with van der Waals surface area (Å²) in [5.41, 5.74) is 2.99. The minimum atomic E-state index is 0.332. The van der Waals surface area contributed by atoms with Gasteiger partial charge in [-0.2, -0.15) is 0 Å². The highest BCUT2D eigenvalue weighted by atomic mass is 15.1. The lowest BCUT2D eigenvalue weighted by Gasteiger charge is -2.36. The van der Waals surface area contributed by atoms with E-state index < -0.39 is 0 Å². The molecule has 0 fully saturated rings. The molecule has 0 saturated carbocycles. The van der Waals surface area contributed by atoms with Gasteiger partial charge in [-0.25, -0.2) is 0 Å². The van der Waals surface area contributed by atoms with E-state index in [0.717, 1.165) is 13.0 Å². The van der Waals surface area contributed by atoms with Crippen molar-refractivity contribution in [3.8, 4) is 0 Å². The molecule has 2 unspecified atom stereocenters. The predicted octanol–water partition coefficient (Wildman–Crippen LogP) is 1.72. The Bertz CT molecular complexity index is 370. The Kier molecular flexibility index (Phi) is 1.88. The Morgan fingerprint density at radius 1 is 1.29 bits per heavy atom. The van der Waals surface area contributed by atoms with E-state index in [0.29, 0.717) is 12.1 Å². The molecule has 0 spiro atoms. The Hall–Kier alpha value is -1.15. The maximum atomic E-state index is 4.51. The van der Waals surface area contributed by atoms with Gasteiger partial charge < -0.3 is 0 Å². The summed E-state index contributed by atoms with van der Waals surface area (Å²) in [4.78, 5) is 4.51. The number of fused-ring (bicyclic) bond motifs is 1. The van der Waals surface area contributed by atoms with E-state index >= 15 is 0 Å². The Morgan fingerprint density at radius 3 is 3.00 bits per heavy atom. The number of hydrogen-bond acceptors (Lipinski definition) is 2. The number of aliphatic imine (C=N–C) groups is 1. The minimum Gasteiger partial charge on any atom is -0.295 e. The molecule has 2 aliphatic rings. The van der Waals surface area contributed by atoms with Crippen molar-refractivity contribution in [2.45, 2.75) is 24.9 Å². The maximum absolute atomic E-state index is 4.51. The normalized spacial score (nSPS) is 29.4. The van der Waals surface area contributed by atoms with Crippen LogP contribution in [0.5, 0.6) is 0 Å². The fourth-order valence-corrected chi connectivity index (χ4v) is 2.36.